The van der Waals surface area contributed by atoms with Gasteiger partial charge in [0.2, 0.25) is 0 Å². The van der Waals surface area contributed by atoms with Gasteiger partial charge in [-0.2, -0.15) is 0 Å². The van der Waals surface area contributed by atoms with Crippen LogP contribution in [0.25, 0.3) is 6.08 Å². The normalized spacial score (nSPS) is 38.1. The van der Waals surface area contributed by atoms with E-state index in [2.05, 4.69) is 27.9 Å². The van der Waals surface area contributed by atoms with Crippen molar-refractivity contribution in [3.8, 4) is 0 Å². The fourth-order valence-electron chi connectivity index (χ4n) is 1.97. The summed E-state index contributed by atoms with van der Waals surface area (Å²) in [6.07, 6.45) is 4.22. The van der Waals surface area contributed by atoms with E-state index < -0.39 is 0 Å². The van der Waals surface area contributed by atoms with Crippen LogP contribution in [0, 0.1) is 11.8 Å². The Morgan fingerprint density at radius 1 is 1.45 bits per heavy atom. The molecule has 3 heteroatoms. The first-order valence-electron chi connectivity index (χ1n) is 3.88. The van der Waals surface area contributed by atoms with Crippen LogP contribution in [0.3, 0.4) is 0 Å². The predicted molar refractivity (Wildman–Crippen MR) is 38.7 cm³/mol. The molecule has 56 valence electrons. The van der Waals surface area contributed by atoms with Gasteiger partial charge in [-0.05, 0) is 17.9 Å². The Balaban J connectivity index is 2.18. The maximum atomic E-state index is 4.66. The van der Waals surface area contributed by atoms with E-state index >= 15 is 0 Å². The van der Waals surface area contributed by atoms with Crippen LogP contribution in [0.5, 0.6) is 0 Å². The van der Waals surface area contributed by atoms with Gasteiger partial charge >= 0.3 is 0 Å². The van der Waals surface area contributed by atoms with Crippen molar-refractivity contribution in [2.45, 2.75) is 12.8 Å². The summed E-state index contributed by atoms with van der Waals surface area (Å²) in [6, 6.07) is 0. The number of hydrogen-bond donors (Lipinski definition) is 0. The Hall–Kier alpha value is -1.12. The first-order chi connectivity index (χ1) is 5.38. The molecule has 0 N–H and O–H groups in total. The second kappa shape index (κ2) is 1.55. The zero-order valence-electron chi connectivity index (χ0n) is 6.19. The molecule has 1 aromatic rings. The van der Waals surface area contributed by atoms with Crippen LogP contribution in [0.4, 0.5) is 0 Å². The van der Waals surface area contributed by atoms with Gasteiger partial charge in [0.15, 0.2) is 0 Å². The molecule has 1 aromatic heterocycles. The van der Waals surface area contributed by atoms with Crippen LogP contribution in [0.2, 0.25) is 0 Å². The minimum absolute atomic E-state index is 0.598. The number of fused-ring (bicyclic) bond motifs is 3. The molecule has 0 amide bonds. The van der Waals surface area contributed by atoms with Crippen LogP contribution in [-0.2, 0) is 0 Å². The van der Waals surface area contributed by atoms with Crippen LogP contribution in [0.15, 0.2) is 10.7 Å². The van der Waals surface area contributed by atoms with Gasteiger partial charge in [-0.1, -0.05) is 23.3 Å². The summed E-state index contributed by atoms with van der Waals surface area (Å²) in [5.74, 6) is 2.04. The lowest BCUT2D eigenvalue weighted by molar-refractivity contribution is 0.302. The third kappa shape index (κ3) is 0.541. The van der Waals surface area contributed by atoms with Gasteiger partial charge in [-0.3, -0.25) is 0 Å². The van der Waals surface area contributed by atoms with E-state index in [-0.39, 0.29) is 0 Å². The second-order valence-electron chi connectivity index (χ2n) is 3.36. The molecule has 3 atom stereocenters. The van der Waals surface area contributed by atoms with Gasteiger partial charge in [-0.15, -0.1) is 0 Å². The molecule has 0 aromatic carbocycles. The monoisotopic (exact) mass is 148 g/mol. The van der Waals surface area contributed by atoms with E-state index in [4.69, 9.17) is 0 Å². The molecule has 0 bridgehead atoms. The first kappa shape index (κ1) is 5.52. The highest BCUT2D eigenvalue weighted by Crippen LogP contribution is 2.56. The van der Waals surface area contributed by atoms with Crippen LogP contribution in [0.1, 0.15) is 24.2 Å². The maximum Gasteiger partial charge on any atom is 0.131 e. The highest BCUT2D eigenvalue weighted by Gasteiger charge is 2.50. The molecule has 11 heavy (non-hydrogen) atoms. The van der Waals surface area contributed by atoms with Crippen molar-refractivity contribution in [1.82, 2.24) is 10.3 Å². The van der Waals surface area contributed by atoms with Crippen molar-refractivity contribution in [2.75, 3.05) is 0 Å². The molecule has 2 aliphatic rings. The number of aromatic nitrogens is 2. The molecule has 1 saturated carbocycles. The van der Waals surface area contributed by atoms with Gasteiger partial charge < -0.3 is 0 Å². The largest absolute Gasteiger partial charge is 0.244 e. The Morgan fingerprint density at radius 2 is 2.36 bits per heavy atom. The lowest BCUT2D eigenvalue weighted by atomic mass is 10.1. The summed E-state index contributed by atoms with van der Waals surface area (Å²) in [7, 11) is 0. The molecule has 0 radical (unpaired) electrons. The van der Waals surface area contributed by atoms with Crippen LogP contribution >= 0.6 is 0 Å². The van der Waals surface area contributed by atoms with Crippen molar-refractivity contribution in [3.63, 3.8) is 0 Å². The summed E-state index contributed by atoms with van der Waals surface area (Å²) < 4.78 is 4.66. The minimum atomic E-state index is 0.598. The number of allylic oxidation sites excluding steroid dienone is 1. The Bertz CT molecular complexity index is 329. The Labute approximate surface area is 64.1 Å². The lowest BCUT2D eigenvalue weighted by Crippen LogP contribution is -1.90. The summed E-state index contributed by atoms with van der Waals surface area (Å²) in [6.45, 7) is 2.24. The smallest absolute Gasteiger partial charge is 0.131 e. The molecule has 3 unspecified atom stereocenters. The summed E-state index contributed by atoms with van der Waals surface area (Å²) in [4.78, 5) is 0. The third-order valence-electron chi connectivity index (χ3n) is 2.78. The van der Waals surface area contributed by atoms with Crippen molar-refractivity contribution >= 4 is 6.08 Å². The average molecular weight is 148 g/mol. The molecule has 0 saturated heterocycles. The third-order valence-corrected chi connectivity index (χ3v) is 2.78. The molecule has 1 fully saturated rings. The van der Waals surface area contributed by atoms with Gasteiger partial charge in [0.25, 0.3) is 0 Å². The van der Waals surface area contributed by atoms with Crippen molar-refractivity contribution < 1.29 is 4.63 Å². The predicted octanol–water partition coefficient (Wildman–Crippen LogP) is 1.45. The van der Waals surface area contributed by atoms with Gasteiger partial charge in [-0.25, -0.2) is 4.63 Å². The highest BCUT2D eigenvalue weighted by atomic mass is 16.6. The van der Waals surface area contributed by atoms with E-state index in [0.29, 0.717) is 11.8 Å². The zero-order chi connectivity index (χ0) is 7.42. The zero-order valence-corrected chi connectivity index (χ0v) is 6.19. The molecule has 3 nitrogen and oxygen atoms in total. The molecule has 0 spiro atoms. The molecule has 0 aliphatic heterocycles. The van der Waals surface area contributed by atoms with Crippen LogP contribution < -0.4 is 0 Å². The van der Waals surface area contributed by atoms with E-state index in [1.165, 1.54) is 0 Å². The minimum Gasteiger partial charge on any atom is -0.244 e. The average Bonchev–Trinajstić information content (AvgIpc) is 2.48. The van der Waals surface area contributed by atoms with Crippen molar-refractivity contribution in [3.05, 3.63) is 17.5 Å². The maximum absolute atomic E-state index is 4.66. The summed E-state index contributed by atoms with van der Waals surface area (Å²) in [5.41, 5.74) is 1.99. The van der Waals surface area contributed by atoms with E-state index in [1.807, 2.05) is 6.08 Å². The van der Waals surface area contributed by atoms with Gasteiger partial charge in [0, 0.05) is 5.92 Å². The second-order valence-corrected chi connectivity index (χ2v) is 3.36. The topological polar surface area (TPSA) is 38.9 Å². The number of nitrogens with zero attached hydrogens (tertiary/aromatic N) is 2. The molecular formula is C8H8N2O. The highest BCUT2D eigenvalue weighted by molar-refractivity contribution is 5.55. The quantitative estimate of drug-likeness (QED) is 0.559. The van der Waals surface area contributed by atoms with Gasteiger partial charge in [0.05, 0.1) is 0 Å². The fraction of sp³-hybridized carbons (Fsp3) is 0.500. The van der Waals surface area contributed by atoms with Crippen molar-refractivity contribution in [2.24, 2.45) is 11.8 Å². The molecular weight excluding hydrogens is 140 g/mol. The van der Waals surface area contributed by atoms with Crippen molar-refractivity contribution in [1.29, 1.82) is 0 Å². The van der Waals surface area contributed by atoms with Crippen LogP contribution in [-0.4, -0.2) is 10.3 Å². The SMILES string of the molecule is CC1C2C=Cc3nonc3C12. The van der Waals surface area contributed by atoms with E-state index in [0.717, 1.165) is 17.3 Å². The summed E-state index contributed by atoms with van der Waals surface area (Å²) in [5, 5.41) is 7.69. The summed E-state index contributed by atoms with van der Waals surface area (Å²) >= 11 is 0. The fourth-order valence-corrected chi connectivity index (χ4v) is 1.97. The number of rotatable bonds is 0. The van der Waals surface area contributed by atoms with Gasteiger partial charge in [0.1, 0.15) is 11.4 Å². The standard InChI is InChI=1S/C8H8N2O/c1-4-5-2-3-6-8(7(4)5)10-11-9-6/h2-5,7H,1H3. The number of hydrogen-bond acceptors (Lipinski definition) is 3. The molecule has 2 aliphatic carbocycles. The molecule has 1 heterocycles. The lowest BCUT2D eigenvalue weighted by Gasteiger charge is -1.95. The molecule has 3 rings (SSSR count). The van der Waals surface area contributed by atoms with E-state index in [9.17, 15) is 0 Å². The first-order valence-corrected chi connectivity index (χ1v) is 3.88. The van der Waals surface area contributed by atoms with E-state index in [1.54, 1.807) is 0 Å². The Morgan fingerprint density at radius 3 is 3.27 bits per heavy atom. The Kier molecular flexibility index (Phi) is 0.776.